The molecule has 0 aliphatic carbocycles. The first-order valence-corrected chi connectivity index (χ1v) is 8.63. The Morgan fingerprint density at radius 2 is 2.09 bits per heavy atom. The monoisotopic (exact) mass is 315 g/mol. The largest absolute Gasteiger partial charge is 0.481 e. The second-order valence-electron chi connectivity index (χ2n) is 5.97. The average Bonchev–Trinajstić information content (AvgIpc) is 2.98. The molecule has 0 saturated carbocycles. The van der Waals surface area contributed by atoms with Crippen molar-refractivity contribution in [2.24, 2.45) is 5.92 Å². The van der Waals surface area contributed by atoms with E-state index in [1.165, 1.54) is 16.0 Å². The lowest BCUT2D eigenvalue weighted by atomic mass is 9.90. The minimum atomic E-state index is -0.659. The highest BCUT2D eigenvalue weighted by molar-refractivity contribution is 7.10. The molecule has 1 aliphatic rings. The second-order valence-corrected chi connectivity index (χ2v) is 6.96. The minimum Gasteiger partial charge on any atom is -0.481 e. The first kappa shape index (κ1) is 15.3. The Kier molecular flexibility index (Phi) is 4.60. The van der Waals surface area contributed by atoms with Gasteiger partial charge in [0.1, 0.15) is 0 Å². The van der Waals surface area contributed by atoms with Gasteiger partial charge in [-0.05, 0) is 48.9 Å². The number of piperidine rings is 1. The van der Waals surface area contributed by atoms with Crippen LogP contribution in [0.3, 0.4) is 0 Å². The van der Waals surface area contributed by atoms with Crippen LogP contribution in [0.5, 0.6) is 0 Å². The fourth-order valence-electron chi connectivity index (χ4n) is 3.21. The molecule has 2 aromatic rings. The molecule has 0 spiro atoms. The van der Waals surface area contributed by atoms with E-state index in [1.807, 2.05) is 13.0 Å². The van der Waals surface area contributed by atoms with Gasteiger partial charge in [0.05, 0.1) is 5.92 Å². The van der Waals surface area contributed by atoms with Gasteiger partial charge in [0.25, 0.3) is 0 Å². The summed E-state index contributed by atoms with van der Waals surface area (Å²) in [5.41, 5.74) is 2.49. The number of nitrogens with zero attached hydrogens (tertiary/aromatic N) is 1. The summed E-state index contributed by atoms with van der Waals surface area (Å²) in [7, 11) is 0. The molecule has 1 N–H and O–H groups in total. The molecule has 1 aliphatic heterocycles. The van der Waals surface area contributed by atoms with Crippen LogP contribution in [-0.4, -0.2) is 28.6 Å². The fourth-order valence-corrected chi connectivity index (χ4v) is 4.13. The van der Waals surface area contributed by atoms with Gasteiger partial charge >= 0.3 is 5.97 Å². The van der Waals surface area contributed by atoms with Gasteiger partial charge in [0, 0.05) is 17.5 Å². The highest BCUT2D eigenvalue weighted by Crippen LogP contribution is 2.29. The molecular formula is C18H21NO2S. The van der Waals surface area contributed by atoms with Crippen molar-refractivity contribution in [3.05, 3.63) is 46.7 Å². The Hall–Kier alpha value is -1.65. The summed E-state index contributed by atoms with van der Waals surface area (Å²) in [6.45, 7) is 3.88. The summed E-state index contributed by atoms with van der Waals surface area (Å²) in [6.07, 6.45) is 1.77. The maximum Gasteiger partial charge on any atom is 0.308 e. The Labute approximate surface area is 135 Å². The number of carboxylic acids is 1. The topological polar surface area (TPSA) is 40.5 Å². The number of carboxylic acid groups (broad SMARTS) is 1. The number of hydrogen-bond acceptors (Lipinski definition) is 3. The van der Waals surface area contributed by atoms with Crippen LogP contribution in [0.4, 0.5) is 0 Å². The second kappa shape index (κ2) is 6.63. The molecular weight excluding hydrogens is 294 g/mol. The van der Waals surface area contributed by atoms with Crippen LogP contribution in [-0.2, 0) is 11.3 Å². The Balaban J connectivity index is 1.71. The molecule has 22 heavy (non-hydrogen) atoms. The van der Waals surface area contributed by atoms with Crippen molar-refractivity contribution < 1.29 is 9.90 Å². The molecule has 0 radical (unpaired) electrons. The third-order valence-corrected chi connectivity index (χ3v) is 5.48. The Morgan fingerprint density at radius 3 is 2.82 bits per heavy atom. The van der Waals surface area contributed by atoms with E-state index in [9.17, 15) is 9.90 Å². The summed E-state index contributed by atoms with van der Waals surface area (Å²) < 4.78 is 0. The molecule has 1 aromatic heterocycles. The number of carbonyl (C=O) groups is 1. The SMILES string of the molecule is C[C@@H]1[C@H](C(=O)O)CCCN1Cc1cc(-c2ccccc2)cs1. The van der Waals surface area contributed by atoms with Crippen LogP contribution in [0.25, 0.3) is 11.1 Å². The molecule has 3 nitrogen and oxygen atoms in total. The van der Waals surface area contributed by atoms with Crippen molar-refractivity contribution >= 4 is 17.3 Å². The number of thiophene rings is 1. The predicted octanol–water partition coefficient (Wildman–Crippen LogP) is 4.10. The molecule has 0 amide bonds. The molecule has 0 unspecified atom stereocenters. The number of benzene rings is 1. The van der Waals surface area contributed by atoms with Crippen molar-refractivity contribution in [3.63, 3.8) is 0 Å². The normalized spacial score (nSPS) is 22.6. The molecule has 3 rings (SSSR count). The van der Waals surface area contributed by atoms with Crippen molar-refractivity contribution in [3.8, 4) is 11.1 Å². The smallest absolute Gasteiger partial charge is 0.308 e. The van der Waals surface area contributed by atoms with E-state index in [1.54, 1.807) is 11.3 Å². The quantitative estimate of drug-likeness (QED) is 0.923. The summed E-state index contributed by atoms with van der Waals surface area (Å²) in [4.78, 5) is 14.9. The van der Waals surface area contributed by atoms with Gasteiger partial charge in [0.15, 0.2) is 0 Å². The van der Waals surface area contributed by atoms with E-state index in [-0.39, 0.29) is 12.0 Å². The van der Waals surface area contributed by atoms with E-state index in [0.717, 1.165) is 25.9 Å². The van der Waals surface area contributed by atoms with Gasteiger partial charge in [-0.3, -0.25) is 9.69 Å². The van der Waals surface area contributed by atoms with E-state index in [2.05, 4.69) is 40.6 Å². The van der Waals surface area contributed by atoms with Crippen LogP contribution < -0.4 is 0 Å². The van der Waals surface area contributed by atoms with Gasteiger partial charge in [-0.25, -0.2) is 0 Å². The van der Waals surface area contributed by atoms with E-state index in [0.29, 0.717) is 0 Å². The summed E-state index contributed by atoms with van der Waals surface area (Å²) in [6, 6.07) is 12.7. The van der Waals surface area contributed by atoms with Crippen LogP contribution in [0.15, 0.2) is 41.8 Å². The molecule has 2 heterocycles. The lowest BCUT2D eigenvalue weighted by Crippen LogP contribution is -2.45. The third kappa shape index (κ3) is 3.23. The molecule has 1 fully saturated rings. The molecule has 2 atom stereocenters. The van der Waals surface area contributed by atoms with E-state index in [4.69, 9.17) is 0 Å². The van der Waals surface area contributed by atoms with E-state index >= 15 is 0 Å². The highest BCUT2D eigenvalue weighted by Gasteiger charge is 2.32. The molecule has 4 heteroatoms. The predicted molar refractivity (Wildman–Crippen MR) is 90.0 cm³/mol. The zero-order valence-electron chi connectivity index (χ0n) is 12.7. The number of likely N-dealkylation sites (tertiary alicyclic amines) is 1. The highest BCUT2D eigenvalue weighted by atomic mass is 32.1. The first-order chi connectivity index (χ1) is 10.6. The van der Waals surface area contributed by atoms with Crippen molar-refractivity contribution in [1.29, 1.82) is 0 Å². The zero-order chi connectivity index (χ0) is 15.5. The number of hydrogen-bond donors (Lipinski definition) is 1. The minimum absolute atomic E-state index is 0.105. The maximum absolute atomic E-state index is 11.3. The van der Waals surface area contributed by atoms with Crippen LogP contribution in [0.1, 0.15) is 24.6 Å². The van der Waals surface area contributed by atoms with Crippen LogP contribution in [0, 0.1) is 5.92 Å². The summed E-state index contributed by atoms with van der Waals surface area (Å²) in [5.74, 6) is -0.893. The summed E-state index contributed by atoms with van der Waals surface area (Å²) >= 11 is 1.76. The fraction of sp³-hybridized carbons (Fsp3) is 0.389. The van der Waals surface area contributed by atoms with Crippen molar-refractivity contribution in [2.75, 3.05) is 6.54 Å². The lowest BCUT2D eigenvalue weighted by Gasteiger charge is -2.37. The Morgan fingerprint density at radius 1 is 1.32 bits per heavy atom. The molecule has 1 aromatic carbocycles. The zero-order valence-corrected chi connectivity index (χ0v) is 13.6. The molecule has 1 saturated heterocycles. The van der Waals surface area contributed by atoms with Crippen molar-refractivity contribution in [2.45, 2.75) is 32.4 Å². The van der Waals surface area contributed by atoms with Crippen LogP contribution >= 0.6 is 11.3 Å². The van der Waals surface area contributed by atoms with Crippen molar-refractivity contribution in [1.82, 2.24) is 4.90 Å². The number of aliphatic carboxylic acids is 1. The summed E-state index contributed by atoms with van der Waals surface area (Å²) in [5, 5.41) is 11.5. The first-order valence-electron chi connectivity index (χ1n) is 7.75. The number of rotatable bonds is 4. The maximum atomic E-state index is 11.3. The van der Waals surface area contributed by atoms with Gasteiger partial charge in [-0.2, -0.15) is 0 Å². The average molecular weight is 315 g/mol. The lowest BCUT2D eigenvalue weighted by molar-refractivity contribution is -0.145. The van der Waals surface area contributed by atoms with Gasteiger partial charge in [0.2, 0.25) is 0 Å². The molecule has 116 valence electrons. The van der Waals surface area contributed by atoms with E-state index < -0.39 is 5.97 Å². The standard InChI is InChI=1S/C18H21NO2S/c1-13-17(18(20)21)8-5-9-19(13)11-16-10-15(12-22-16)14-6-3-2-4-7-14/h2-4,6-7,10,12-13,17H,5,8-9,11H2,1H3,(H,20,21)/t13-,17-/m1/s1. The van der Waals surface area contributed by atoms with Gasteiger partial charge in [-0.1, -0.05) is 30.3 Å². The van der Waals surface area contributed by atoms with Crippen LogP contribution in [0.2, 0.25) is 0 Å². The Bertz CT molecular complexity index is 638. The van der Waals surface area contributed by atoms with Gasteiger partial charge in [-0.15, -0.1) is 11.3 Å². The third-order valence-electron chi connectivity index (χ3n) is 4.56. The molecule has 0 bridgehead atoms. The van der Waals surface area contributed by atoms with Gasteiger partial charge < -0.3 is 5.11 Å².